The molecule has 0 radical (unpaired) electrons. The van der Waals surface area contributed by atoms with Crippen LogP contribution in [0.15, 0.2) is 82.2 Å². The standard InChI is InChI=1S/C23H23BrN2O3S/c1-3-18-9-12-20(13-10-18)26(30(28,29)21-7-5-4-6-8-21)16-23(27)25-19-11-14-22(24)17(2)15-19/h4-15H,3,16H2,1-2H3,(H,25,27). The van der Waals surface area contributed by atoms with Gasteiger partial charge in [-0.05, 0) is 66.9 Å². The van der Waals surface area contributed by atoms with Crippen LogP contribution in [0.2, 0.25) is 0 Å². The molecule has 0 unspecified atom stereocenters. The lowest BCUT2D eigenvalue weighted by Crippen LogP contribution is -2.38. The quantitative estimate of drug-likeness (QED) is 0.501. The lowest BCUT2D eigenvalue weighted by atomic mass is 10.1. The zero-order valence-electron chi connectivity index (χ0n) is 16.8. The molecule has 7 heteroatoms. The van der Waals surface area contributed by atoms with Gasteiger partial charge in [-0.2, -0.15) is 0 Å². The van der Waals surface area contributed by atoms with Gasteiger partial charge >= 0.3 is 0 Å². The number of aryl methyl sites for hydroxylation is 2. The van der Waals surface area contributed by atoms with Gasteiger partial charge in [-0.1, -0.05) is 53.2 Å². The predicted molar refractivity (Wildman–Crippen MR) is 124 cm³/mol. The summed E-state index contributed by atoms with van der Waals surface area (Å²) in [4.78, 5) is 12.9. The average molecular weight is 487 g/mol. The Morgan fingerprint density at radius 2 is 1.67 bits per heavy atom. The van der Waals surface area contributed by atoms with Crippen LogP contribution in [0.3, 0.4) is 0 Å². The molecule has 0 heterocycles. The van der Waals surface area contributed by atoms with Crippen molar-refractivity contribution in [3.63, 3.8) is 0 Å². The van der Waals surface area contributed by atoms with E-state index in [-0.39, 0.29) is 11.4 Å². The molecule has 0 aromatic heterocycles. The highest BCUT2D eigenvalue weighted by molar-refractivity contribution is 9.10. The fourth-order valence-corrected chi connectivity index (χ4v) is 4.67. The number of halogens is 1. The molecule has 0 saturated heterocycles. The van der Waals surface area contributed by atoms with Gasteiger partial charge in [-0.3, -0.25) is 9.10 Å². The number of anilines is 2. The van der Waals surface area contributed by atoms with Crippen LogP contribution in [0, 0.1) is 6.92 Å². The fourth-order valence-electron chi connectivity index (χ4n) is 2.99. The van der Waals surface area contributed by atoms with Crippen LogP contribution in [-0.2, 0) is 21.2 Å². The van der Waals surface area contributed by atoms with Crippen LogP contribution in [0.5, 0.6) is 0 Å². The molecule has 3 aromatic rings. The van der Waals surface area contributed by atoms with E-state index in [1.807, 2.05) is 38.1 Å². The molecular formula is C23H23BrN2O3S. The van der Waals surface area contributed by atoms with Gasteiger partial charge in [-0.25, -0.2) is 8.42 Å². The first kappa shape index (κ1) is 22.1. The van der Waals surface area contributed by atoms with E-state index in [1.165, 1.54) is 12.1 Å². The molecule has 0 bridgehead atoms. The second-order valence-corrected chi connectivity index (χ2v) is 9.57. The molecule has 1 amide bonds. The van der Waals surface area contributed by atoms with E-state index in [2.05, 4.69) is 21.2 Å². The van der Waals surface area contributed by atoms with Gasteiger partial charge < -0.3 is 5.32 Å². The second-order valence-electron chi connectivity index (χ2n) is 6.86. The third kappa shape index (κ3) is 5.09. The van der Waals surface area contributed by atoms with E-state index < -0.39 is 15.9 Å². The van der Waals surface area contributed by atoms with Crippen LogP contribution in [-0.4, -0.2) is 20.9 Å². The minimum atomic E-state index is -3.91. The summed E-state index contributed by atoms with van der Waals surface area (Å²) in [6, 6.07) is 20.8. The molecule has 0 spiro atoms. The Bertz CT molecular complexity index is 1130. The fraction of sp³-hybridized carbons (Fsp3) is 0.174. The summed E-state index contributed by atoms with van der Waals surface area (Å²) < 4.78 is 28.7. The normalized spacial score (nSPS) is 11.2. The van der Waals surface area contributed by atoms with Crippen molar-refractivity contribution < 1.29 is 13.2 Å². The maximum atomic E-state index is 13.3. The number of nitrogens with zero attached hydrogens (tertiary/aromatic N) is 1. The van der Waals surface area contributed by atoms with Gasteiger partial charge in [0.1, 0.15) is 6.54 Å². The van der Waals surface area contributed by atoms with Crippen molar-refractivity contribution >= 4 is 43.2 Å². The molecule has 0 atom stereocenters. The number of sulfonamides is 1. The van der Waals surface area contributed by atoms with Crippen molar-refractivity contribution in [3.8, 4) is 0 Å². The first-order valence-corrected chi connectivity index (χ1v) is 11.8. The first-order chi connectivity index (χ1) is 14.3. The van der Waals surface area contributed by atoms with E-state index in [4.69, 9.17) is 0 Å². The Labute approximate surface area is 185 Å². The molecule has 30 heavy (non-hydrogen) atoms. The molecule has 3 rings (SSSR count). The Morgan fingerprint density at radius 3 is 2.27 bits per heavy atom. The van der Waals surface area contributed by atoms with Crippen molar-refractivity contribution in [1.29, 1.82) is 0 Å². The van der Waals surface area contributed by atoms with Gasteiger partial charge in [0, 0.05) is 10.2 Å². The number of hydrogen-bond donors (Lipinski definition) is 1. The van der Waals surface area contributed by atoms with Crippen LogP contribution in [0.25, 0.3) is 0 Å². The van der Waals surface area contributed by atoms with Gasteiger partial charge in [-0.15, -0.1) is 0 Å². The smallest absolute Gasteiger partial charge is 0.264 e. The van der Waals surface area contributed by atoms with Crippen molar-refractivity contribution in [2.24, 2.45) is 0 Å². The minimum absolute atomic E-state index is 0.136. The van der Waals surface area contributed by atoms with E-state index in [0.717, 1.165) is 26.3 Å². The highest BCUT2D eigenvalue weighted by Crippen LogP contribution is 2.25. The molecule has 0 aliphatic heterocycles. The number of nitrogens with one attached hydrogen (secondary N) is 1. The monoisotopic (exact) mass is 486 g/mol. The third-order valence-electron chi connectivity index (χ3n) is 4.69. The Hall–Kier alpha value is -2.64. The maximum absolute atomic E-state index is 13.3. The van der Waals surface area contributed by atoms with Gasteiger partial charge in [0.05, 0.1) is 10.6 Å². The molecule has 0 saturated carbocycles. The van der Waals surface area contributed by atoms with Crippen molar-refractivity contribution in [2.75, 3.05) is 16.2 Å². The summed E-state index contributed by atoms with van der Waals surface area (Å²) in [5.74, 6) is -0.421. The predicted octanol–water partition coefficient (Wildman–Crippen LogP) is 5.15. The van der Waals surface area contributed by atoms with Crippen LogP contribution < -0.4 is 9.62 Å². The Kier molecular flexibility index (Phi) is 6.95. The van der Waals surface area contributed by atoms with Crippen LogP contribution >= 0.6 is 15.9 Å². The third-order valence-corrected chi connectivity index (χ3v) is 7.37. The topological polar surface area (TPSA) is 66.5 Å². The SMILES string of the molecule is CCc1ccc(N(CC(=O)Nc2ccc(Br)c(C)c2)S(=O)(=O)c2ccccc2)cc1. The average Bonchev–Trinajstić information content (AvgIpc) is 2.75. The summed E-state index contributed by atoms with van der Waals surface area (Å²) in [6.45, 7) is 3.61. The molecule has 5 nitrogen and oxygen atoms in total. The van der Waals surface area contributed by atoms with E-state index in [9.17, 15) is 13.2 Å². The lowest BCUT2D eigenvalue weighted by Gasteiger charge is -2.24. The molecule has 0 aliphatic carbocycles. The molecular weight excluding hydrogens is 464 g/mol. The van der Waals surface area contributed by atoms with Crippen LogP contribution in [0.4, 0.5) is 11.4 Å². The second kappa shape index (κ2) is 9.45. The maximum Gasteiger partial charge on any atom is 0.264 e. The summed E-state index contributed by atoms with van der Waals surface area (Å²) in [5, 5.41) is 2.79. The molecule has 1 N–H and O–H groups in total. The van der Waals surface area contributed by atoms with E-state index in [0.29, 0.717) is 11.4 Å². The first-order valence-electron chi connectivity index (χ1n) is 9.54. The summed E-state index contributed by atoms with van der Waals surface area (Å²) in [7, 11) is -3.91. The van der Waals surface area contributed by atoms with Gasteiger partial charge in [0.25, 0.3) is 10.0 Å². The number of hydrogen-bond acceptors (Lipinski definition) is 3. The van der Waals surface area contributed by atoms with Gasteiger partial charge in [0.15, 0.2) is 0 Å². The molecule has 0 fully saturated rings. The molecule has 0 aliphatic rings. The van der Waals surface area contributed by atoms with Crippen molar-refractivity contribution in [3.05, 3.63) is 88.4 Å². The van der Waals surface area contributed by atoms with E-state index in [1.54, 1.807) is 36.4 Å². The van der Waals surface area contributed by atoms with Crippen LogP contribution in [0.1, 0.15) is 18.1 Å². The lowest BCUT2D eigenvalue weighted by molar-refractivity contribution is -0.114. The number of amides is 1. The highest BCUT2D eigenvalue weighted by atomic mass is 79.9. The summed E-state index contributed by atoms with van der Waals surface area (Å²) in [5.41, 5.74) is 3.11. The molecule has 156 valence electrons. The Balaban J connectivity index is 1.92. The highest BCUT2D eigenvalue weighted by Gasteiger charge is 2.27. The number of carbonyl (C=O) groups excluding carboxylic acids is 1. The Morgan fingerprint density at radius 1 is 1.00 bits per heavy atom. The summed E-state index contributed by atoms with van der Waals surface area (Å²) in [6.07, 6.45) is 0.842. The van der Waals surface area contributed by atoms with E-state index >= 15 is 0 Å². The number of benzene rings is 3. The number of rotatable bonds is 7. The number of carbonyl (C=O) groups is 1. The zero-order chi connectivity index (χ0) is 21.7. The largest absolute Gasteiger partial charge is 0.325 e. The molecule has 3 aromatic carbocycles. The summed E-state index contributed by atoms with van der Waals surface area (Å²) >= 11 is 3.43. The zero-order valence-corrected chi connectivity index (χ0v) is 19.2. The van der Waals surface area contributed by atoms with Crippen molar-refractivity contribution in [2.45, 2.75) is 25.2 Å². The van der Waals surface area contributed by atoms with Crippen molar-refractivity contribution in [1.82, 2.24) is 0 Å². The van der Waals surface area contributed by atoms with Gasteiger partial charge in [0.2, 0.25) is 5.91 Å². The minimum Gasteiger partial charge on any atom is -0.325 e.